The van der Waals surface area contributed by atoms with Gasteiger partial charge in [-0.05, 0) is 24.3 Å². The first kappa shape index (κ1) is 11.5. The molecule has 0 aromatic carbocycles. The molecule has 3 aromatic heterocycles. The van der Waals surface area contributed by atoms with Crippen molar-refractivity contribution in [3.05, 3.63) is 61.1 Å². The molecule has 19 heavy (non-hydrogen) atoms. The Kier molecular flexibility index (Phi) is 2.97. The average molecular weight is 256 g/mol. The Bertz CT molecular complexity index is 592. The van der Waals surface area contributed by atoms with E-state index in [4.69, 9.17) is 4.42 Å². The zero-order chi connectivity index (χ0) is 13.1. The average Bonchev–Trinajstić information content (AvgIpc) is 3.17. The highest BCUT2D eigenvalue weighted by Crippen LogP contribution is 2.16. The molecule has 0 amide bonds. The van der Waals surface area contributed by atoms with Gasteiger partial charge in [0.05, 0.1) is 12.7 Å². The van der Waals surface area contributed by atoms with E-state index in [1.807, 2.05) is 24.5 Å². The van der Waals surface area contributed by atoms with Crippen LogP contribution in [0.5, 0.6) is 0 Å². The largest absolute Gasteiger partial charge is 0.461 e. The molecule has 0 aliphatic carbocycles. The van der Waals surface area contributed by atoms with Crippen LogP contribution in [0.15, 0.2) is 59.7 Å². The number of furan rings is 1. The SMILES string of the molecule is O=C(CC(n1cccn1)n1cccn1)c1ccco1. The van der Waals surface area contributed by atoms with Crippen molar-refractivity contribution in [1.29, 1.82) is 0 Å². The minimum Gasteiger partial charge on any atom is -0.461 e. The molecule has 3 heterocycles. The summed E-state index contributed by atoms with van der Waals surface area (Å²) in [5.41, 5.74) is 0. The highest BCUT2D eigenvalue weighted by Gasteiger charge is 2.20. The lowest BCUT2D eigenvalue weighted by atomic mass is 10.2. The summed E-state index contributed by atoms with van der Waals surface area (Å²) in [5.74, 6) is 0.269. The smallest absolute Gasteiger partial charge is 0.202 e. The molecular formula is C13H12N4O2. The van der Waals surface area contributed by atoms with Crippen LogP contribution in [0.25, 0.3) is 0 Å². The zero-order valence-electron chi connectivity index (χ0n) is 10.1. The maximum atomic E-state index is 12.1. The summed E-state index contributed by atoms with van der Waals surface area (Å²) >= 11 is 0. The van der Waals surface area contributed by atoms with Crippen LogP contribution in [-0.2, 0) is 0 Å². The van der Waals surface area contributed by atoms with Gasteiger partial charge in [0.1, 0.15) is 0 Å². The number of nitrogens with zero attached hydrogens (tertiary/aromatic N) is 4. The highest BCUT2D eigenvalue weighted by atomic mass is 16.3. The Labute approximate surface area is 109 Å². The first-order valence-corrected chi connectivity index (χ1v) is 5.89. The number of Topliss-reactive ketones (excluding diaryl/α,β-unsaturated/α-hetero) is 1. The van der Waals surface area contributed by atoms with Gasteiger partial charge in [-0.3, -0.25) is 4.79 Å². The molecular weight excluding hydrogens is 244 g/mol. The van der Waals surface area contributed by atoms with E-state index in [1.165, 1.54) is 6.26 Å². The van der Waals surface area contributed by atoms with E-state index in [0.29, 0.717) is 5.76 Å². The summed E-state index contributed by atoms with van der Waals surface area (Å²) < 4.78 is 8.53. The monoisotopic (exact) mass is 256 g/mol. The molecule has 0 saturated heterocycles. The molecule has 0 aliphatic rings. The summed E-state index contributed by atoms with van der Waals surface area (Å²) in [6, 6.07) is 6.98. The Morgan fingerprint density at radius 1 is 1.16 bits per heavy atom. The molecule has 0 atom stereocenters. The molecule has 0 aliphatic heterocycles. The fraction of sp³-hybridized carbons (Fsp3) is 0.154. The van der Waals surface area contributed by atoms with E-state index >= 15 is 0 Å². The first-order chi connectivity index (χ1) is 9.34. The summed E-state index contributed by atoms with van der Waals surface area (Å²) in [7, 11) is 0. The Balaban J connectivity index is 1.87. The maximum absolute atomic E-state index is 12.1. The number of rotatable bonds is 5. The first-order valence-electron chi connectivity index (χ1n) is 5.89. The van der Waals surface area contributed by atoms with Gasteiger partial charge in [0.2, 0.25) is 5.78 Å². The predicted molar refractivity (Wildman–Crippen MR) is 66.5 cm³/mol. The normalized spacial score (nSPS) is 11.0. The molecule has 3 aromatic rings. The van der Waals surface area contributed by atoms with Crippen molar-refractivity contribution in [3.63, 3.8) is 0 Å². The summed E-state index contributed by atoms with van der Waals surface area (Å²) in [5, 5.41) is 8.36. The minimum absolute atomic E-state index is 0.0824. The summed E-state index contributed by atoms with van der Waals surface area (Å²) in [4.78, 5) is 12.1. The predicted octanol–water partition coefficient (Wildman–Crippen LogP) is 1.99. The minimum atomic E-state index is -0.289. The lowest BCUT2D eigenvalue weighted by Crippen LogP contribution is -2.22. The van der Waals surface area contributed by atoms with Gasteiger partial charge >= 0.3 is 0 Å². The molecule has 6 nitrogen and oxygen atoms in total. The van der Waals surface area contributed by atoms with Crippen molar-refractivity contribution in [3.8, 4) is 0 Å². The van der Waals surface area contributed by atoms with Crippen LogP contribution in [0.1, 0.15) is 23.1 Å². The molecule has 0 fully saturated rings. The van der Waals surface area contributed by atoms with Gasteiger partial charge in [-0.15, -0.1) is 0 Å². The molecule has 3 rings (SSSR count). The van der Waals surface area contributed by atoms with Gasteiger partial charge in [-0.25, -0.2) is 9.36 Å². The van der Waals surface area contributed by atoms with Gasteiger partial charge in [0.25, 0.3) is 0 Å². The number of carbonyl (C=O) groups excluding carboxylic acids is 1. The molecule has 0 N–H and O–H groups in total. The van der Waals surface area contributed by atoms with Gasteiger partial charge in [0.15, 0.2) is 11.9 Å². The van der Waals surface area contributed by atoms with Gasteiger partial charge in [-0.1, -0.05) is 0 Å². The molecule has 0 radical (unpaired) electrons. The van der Waals surface area contributed by atoms with Crippen molar-refractivity contribution in [2.24, 2.45) is 0 Å². The third-order valence-electron chi connectivity index (χ3n) is 2.82. The number of hydrogen-bond acceptors (Lipinski definition) is 4. The fourth-order valence-electron chi connectivity index (χ4n) is 1.93. The van der Waals surface area contributed by atoms with E-state index in [-0.39, 0.29) is 18.4 Å². The van der Waals surface area contributed by atoms with Crippen LogP contribution in [0.3, 0.4) is 0 Å². The van der Waals surface area contributed by atoms with Crippen LogP contribution in [-0.4, -0.2) is 25.3 Å². The van der Waals surface area contributed by atoms with E-state index in [1.54, 1.807) is 33.9 Å². The van der Waals surface area contributed by atoms with Crippen molar-refractivity contribution >= 4 is 5.78 Å². The molecule has 0 unspecified atom stereocenters. The van der Waals surface area contributed by atoms with Gasteiger partial charge in [-0.2, -0.15) is 10.2 Å². The second-order valence-corrected chi connectivity index (χ2v) is 4.06. The lowest BCUT2D eigenvalue weighted by Gasteiger charge is -2.16. The topological polar surface area (TPSA) is 65.8 Å². The molecule has 96 valence electrons. The van der Waals surface area contributed by atoms with Crippen LogP contribution in [0.2, 0.25) is 0 Å². The van der Waals surface area contributed by atoms with Gasteiger partial charge in [0, 0.05) is 24.8 Å². The molecule has 0 saturated carbocycles. The number of ketones is 1. The second-order valence-electron chi connectivity index (χ2n) is 4.06. The number of carbonyl (C=O) groups is 1. The Morgan fingerprint density at radius 2 is 1.84 bits per heavy atom. The lowest BCUT2D eigenvalue weighted by molar-refractivity contribution is 0.0921. The van der Waals surface area contributed by atoms with E-state index in [2.05, 4.69) is 10.2 Å². The van der Waals surface area contributed by atoms with E-state index in [9.17, 15) is 4.79 Å². The van der Waals surface area contributed by atoms with Crippen LogP contribution < -0.4 is 0 Å². The Hall–Kier alpha value is -2.63. The zero-order valence-corrected chi connectivity index (χ0v) is 10.1. The van der Waals surface area contributed by atoms with Crippen LogP contribution in [0, 0.1) is 0 Å². The Morgan fingerprint density at radius 3 is 2.32 bits per heavy atom. The second kappa shape index (κ2) is 4.93. The molecule has 0 spiro atoms. The number of hydrogen-bond donors (Lipinski definition) is 0. The van der Waals surface area contributed by atoms with Crippen LogP contribution in [0.4, 0.5) is 0 Å². The summed E-state index contributed by atoms with van der Waals surface area (Å²) in [6.45, 7) is 0. The van der Waals surface area contributed by atoms with Crippen molar-refractivity contribution < 1.29 is 9.21 Å². The van der Waals surface area contributed by atoms with E-state index < -0.39 is 0 Å². The van der Waals surface area contributed by atoms with Crippen molar-refractivity contribution in [2.75, 3.05) is 0 Å². The molecule has 6 heteroatoms. The third-order valence-corrected chi connectivity index (χ3v) is 2.82. The van der Waals surface area contributed by atoms with Crippen LogP contribution >= 0.6 is 0 Å². The number of aromatic nitrogens is 4. The van der Waals surface area contributed by atoms with E-state index in [0.717, 1.165) is 0 Å². The maximum Gasteiger partial charge on any atom is 0.202 e. The van der Waals surface area contributed by atoms with Gasteiger partial charge < -0.3 is 4.42 Å². The third kappa shape index (κ3) is 2.33. The summed E-state index contributed by atoms with van der Waals surface area (Å²) in [6.07, 6.45) is 8.40. The fourth-order valence-corrected chi connectivity index (χ4v) is 1.93. The van der Waals surface area contributed by atoms with Crippen molar-refractivity contribution in [1.82, 2.24) is 19.6 Å². The quantitative estimate of drug-likeness (QED) is 0.655. The van der Waals surface area contributed by atoms with Crippen molar-refractivity contribution in [2.45, 2.75) is 12.6 Å². The standard InChI is InChI=1S/C13H12N4O2/c18-11(12-4-1-9-19-12)10-13(16-7-2-5-14-16)17-8-3-6-15-17/h1-9,13H,10H2. The highest BCUT2D eigenvalue weighted by molar-refractivity contribution is 5.93. The molecule has 0 bridgehead atoms.